The van der Waals surface area contributed by atoms with Gasteiger partial charge in [-0.05, 0) is 55.5 Å². The van der Waals surface area contributed by atoms with Crippen LogP contribution in [0.15, 0.2) is 18.2 Å². The first-order valence-corrected chi connectivity index (χ1v) is 6.54. The van der Waals surface area contributed by atoms with Crippen molar-refractivity contribution in [3.63, 3.8) is 0 Å². The van der Waals surface area contributed by atoms with Crippen LogP contribution in [0.2, 0.25) is 0 Å². The molecule has 0 radical (unpaired) electrons. The fourth-order valence-corrected chi connectivity index (χ4v) is 2.36. The molecule has 2 N–H and O–H groups in total. The van der Waals surface area contributed by atoms with Crippen molar-refractivity contribution in [1.82, 2.24) is 4.90 Å². The lowest BCUT2D eigenvalue weighted by molar-refractivity contribution is 0.127. The molecule has 0 aromatic heterocycles. The zero-order chi connectivity index (χ0) is 12.5. The van der Waals surface area contributed by atoms with Gasteiger partial charge in [0.05, 0.1) is 0 Å². The third kappa shape index (κ3) is 3.22. The summed E-state index contributed by atoms with van der Waals surface area (Å²) in [7, 11) is 0. The Balaban J connectivity index is 1.95. The minimum Gasteiger partial charge on any atom is -0.399 e. The molecule has 0 saturated carbocycles. The Hall–Kier alpha value is -1.02. The molecule has 1 heterocycles. The second kappa shape index (κ2) is 4.69. The van der Waals surface area contributed by atoms with Crippen molar-refractivity contribution in [2.45, 2.75) is 40.2 Å². The molecule has 0 atom stereocenters. The smallest absolute Gasteiger partial charge is 0.0346 e. The third-order valence-electron chi connectivity index (χ3n) is 3.96. The van der Waals surface area contributed by atoms with Crippen molar-refractivity contribution in [2.75, 3.05) is 18.8 Å². The van der Waals surface area contributed by atoms with Crippen LogP contribution in [0.3, 0.4) is 0 Å². The Morgan fingerprint density at radius 1 is 1.24 bits per heavy atom. The van der Waals surface area contributed by atoms with Crippen molar-refractivity contribution < 1.29 is 0 Å². The molecule has 94 valence electrons. The standard InChI is InChI=1S/C15H24N2/c1-12-4-5-13(10-14(12)16)11-17-8-6-15(2,3)7-9-17/h4-5,10H,6-9,11,16H2,1-3H3. The quantitative estimate of drug-likeness (QED) is 0.793. The molecule has 0 bridgehead atoms. The number of hydrogen-bond acceptors (Lipinski definition) is 2. The average Bonchev–Trinajstić information content (AvgIpc) is 2.27. The Morgan fingerprint density at radius 2 is 1.88 bits per heavy atom. The number of nitrogen functional groups attached to an aromatic ring is 1. The van der Waals surface area contributed by atoms with Crippen molar-refractivity contribution in [2.24, 2.45) is 5.41 Å². The summed E-state index contributed by atoms with van der Waals surface area (Å²) in [6, 6.07) is 6.44. The first-order valence-electron chi connectivity index (χ1n) is 6.54. The summed E-state index contributed by atoms with van der Waals surface area (Å²) < 4.78 is 0. The molecule has 0 aliphatic carbocycles. The summed E-state index contributed by atoms with van der Waals surface area (Å²) in [6.45, 7) is 10.3. The highest BCUT2D eigenvalue weighted by atomic mass is 15.1. The number of nitrogens with two attached hydrogens (primary N) is 1. The predicted molar refractivity (Wildman–Crippen MR) is 73.9 cm³/mol. The Bertz CT molecular complexity index is 386. The lowest BCUT2D eigenvalue weighted by Crippen LogP contribution is -2.36. The maximum Gasteiger partial charge on any atom is 0.0346 e. The van der Waals surface area contributed by atoms with E-state index in [1.54, 1.807) is 0 Å². The normalized spacial score (nSPS) is 20.4. The van der Waals surface area contributed by atoms with Crippen LogP contribution in [-0.4, -0.2) is 18.0 Å². The van der Waals surface area contributed by atoms with Crippen molar-refractivity contribution >= 4 is 5.69 Å². The Morgan fingerprint density at radius 3 is 2.47 bits per heavy atom. The number of hydrogen-bond donors (Lipinski definition) is 1. The Kier molecular flexibility index (Phi) is 3.43. The van der Waals surface area contributed by atoms with Gasteiger partial charge in [-0.15, -0.1) is 0 Å². The predicted octanol–water partition coefficient (Wildman–Crippen LogP) is 3.20. The second-order valence-corrected chi connectivity index (χ2v) is 6.13. The molecule has 1 aromatic carbocycles. The van der Waals surface area contributed by atoms with Gasteiger partial charge in [-0.2, -0.15) is 0 Å². The van der Waals surface area contributed by atoms with E-state index in [-0.39, 0.29) is 0 Å². The van der Waals surface area contributed by atoms with Crippen LogP contribution < -0.4 is 5.73 Å². The highest BCUT2D eigenvalue weighted by Crippen LogP contribution is 2.30. The van der Waals surface area contributed by atoms with E-state index in [1.807, 2.05) is 0 Å². The van der Waals surface area contributed by atoms with Gasteiger partial charge >= 0.3 is 0 Å². The van der Waals surface area contributed by atoms with Crippen LogP contribution in [0.25, 0.3) is 0 Å². The number of aryl methyl sites for hydroxylation is 1. The van der Waals surface area contributed by atoms with Gasteiger partial charge in [0.1, 0.15) is 0 Å². The monoisotopic (exact) mass is 232 g/mol. The minimum absolute atomic E-state index is 0.531. The molecule has 1 aliphatic heterocycles. The summed E-state index contributed by atoms with van der Waals surface area (Å²) in [6.07, 6.45) is 2.60. The number of anilines is 1. The molecular weight excluding hydrogens is 208 g/mol. The maximum atomic E-state index is 5.95. The van der Waals surface area contributed by atoms with Crippen molar-refractivity contribution in [3.05, 3.63) is 29.3 Å². The van der Waals surface area contributed by atoms with Gasteiger partial charge in [0.25, 0.3) is 0 Å². The molecule has 0 unspecified atom stereocenters. The number of piperidine rings is 1. The molecular formula is C15H24N2. The summed E-state index contributed by atoms with van der Waals surface area (Å²) in [4.78, 5) is 2.54. The zero-order valence-corrected chi connectivity index (χ0v) is 11.3. The van der Waals surface area contributed by atoms with Crippen LogP contribution in [-0.2, 0) is 6.54 Å². The summed E-state index contributed by atoms with van der Waals surface area (Å²) >= 11 is 0. The molecule has 0 amide bonds. The second-order valence-electron chi connectivity index (χ2n) is 6.13. The lowest BCUT2D eigenvalue weighted by atomic mass is 9.82. The van der Waals surface area contributed by atoms with Gasteiger partial charge in [0.15, 0.2) is 0 Å². The maximum absolute atomic E-state index is 5.95. The topological polar surface area (TPSA) is 29.3 Å². The summed E-state index contributed by atoms with van der Waals surface area (Å²) in [5.74, 6) is 0. The van der Waals surface area contributed by atoms with Gasteiger partial charge in [-0.1, -0.05) is 26.0 Å². The number of benzene rings is 1. The van der Waals surface area contributed by atoms with E-state index in [0.29, 0.717) is 5.41 Å². The molecule has 2 nitrogen and oxygen atoms in total. The summed E-state index contributed by atoms with van der Waals surface area (Å²) in [5.41, 5.74) is 9.91. The molecule has 2 heteroatoms. The van der Waals surface area contributed by atoms with Gasteiger partial charge in [-0.25, -0.2) is 0 Å². The fourth-order valence-electron chi connectivity index (χ4n) is 2.36. The van der Waals surface area contributed by atoms with Gasteiger partial charge < -0.3 is 5.73 Å². The highest BCUT2D eigenvalue weighted by Gasteiger charge is 2.25. The van der Waals surface area contributed by atoms with E-state index in [4.69, 9.17) is 5.73 Å². The molecule has 1 aliphatic rings. The van der Waals surface area contributed by atoms with Crippen LogP contribution in [0, 0.1) is 12.3 Å². The Labute approximate surface area is 105 Å². The van der Waals surface area contributed by atoms with E-state index >= 15 is 0 Å². The third-order valence-corrected chi connectivity index (χ3v) is 3.96. The van der Waals surface area contributed by atoms with Crippen molar-refractivity contribution in [3.8, 4) is 0 Å². The van der Waals surface area contributed by atoms with E-state index < -0.39 is 0 Å². The first-order chi connectivity index (χ1) is 7.96. The zero-order valence-electron chi connectivity index (χ0n) is 11.3. The largest absolute Gasteiger partial charge is 0.399 e. The van der Waals surface area contributed by atoms with Crippen molar-refractivity contribution in [1.29, 1.82) is 0 Å². The summed E-state index contributed by atoms with van der Waals surface area (Å²) in [5, 5.41) is 0. The van der Waals surface area contributed by atoms with E-state index in [9.17, 15) is 0 Å². The fraction of sp³-hybridized carbons (Fsp3) is 0.600. The lowest BCUT2D eigenvalue weighted by Gasteiger charge is -2.37. The first kappa shape index (κ1) is 12.4. The number of nitrogens with zero attached hydrogens (tertiary/aromatic N) is 1. The van der Waals surface area contributed by atoms with Crippen LogP contribution >= 0.6 is 0 Å². The van der Waals surface area contributed by atoms with E-state index in [1.165, 1.54) is 37.1 Å². The van der Waals surface area contributed by atoms with Crippen LogP contribution in [0.4, 0.5) is 5.69 Å². The molecule has 0 spiro atoms. The molecule has 2 rings (SSSR count). The molecule has 1 fully saturated rings. The van der Waals surface area contributed by atoms with Gasteiger partial charge in [-0.3, -0.25) is 4.90 Å². The van der Waals surface area contributed by atoms with Crippen LogP contribution in [0.5, 0.6) is 0 Å². The molecule has 1 saturated heterocycles. The average molecular weight is 232 g/mol. The molecule has 17 heavy (non-hydrogen) atoms. The van der Waals surface area contributed by atoms with E-state index in [0.717, 1.165) is 12.2 Å². The van der Waals surface area contributed by atoms with Gasteiger partial charge in [0, 0.05) is 12.2 Å². The highest BCUT2D eigenvalue weighted by molar-refractivity contribution is 5.48. The SMILES string of the molecule is Cc1ccc(CN2CCC(C)(C)CC2)cc1N. The van der Waals surface area contributed by atoms with Crippen LogP contribution in [0.1, 0.15) is 37.8 Å². The molecule has 1 aromatic rings. The minimum atomic E-state index is 0.531. The number of rotatable bonds is 2. The van der Waals surface area contributed by atoms with Gasteiger partial charge in [0.2, 0.25) is 0 Å². The number of likely N-dealkylation sites (tertiary alicyclic amines) is 1. The van der Waals surface area contributed by atoms with E-state index in [2.05, 4.69) is 43.9 Å².